The lowest BCUT2D eigenvalue weighted by Gasteiger charge is -2.27. The topological polar surface area (TPSA) is 172 Å². The van der Waals surface area contributed by atoms with Crippen molar-refractivity contribution in [1.82, 2.24) is 9.55 Å². The molecule has 0 atom stereocenters. The van der Waals surface area contributed by atoms with Gasteiger partial charge in [-0.3, -0.25) is 0 Å². The molecule has 1 aromatic rings. The van der Waals surface area contributed by atoms with Crippen LogP contribution >= 0.6 is 15.6 Å². The van der Waals surface area contributed by atoms with E-state index in [2.05, 4.69) is 14.0 Å². The molecule has 1 rings (SSSR count). The third-order valence-corrected chi connectivity index (χ3v) is 2.51. The molecule has 0 unspecified atom stereocenters. The molecule has 0 aromatic carbocycles. The largest absolute Gasteiger partial charge is 0.474 e. The van der Waals surface area contributed by atoms with E-state index in [4.69, 9.17) is 19.6 Å². The maximum absolute atomic E-state index is 10.6. The molecule has 104 valence electrons. The lowest BCUT2D eigenvalue weighted by Crippen LogP contribution is -2.38. The molecular formula is C5H10N2O9P2. The molecule has 0 amide bonds. The highest BCUT2D eigenvalue weighted by Crippen LogP contribution is 2.48. The zero-order valence-electron chi connectivity index (χ0n) is 8.60. The molecule has 0 aliphatic carbocycles. The van der Waals surface area contributed by atoms with Gasteiger partial charge in [0.1, 0.15) is 6.54 Å². The van der Waals surface area contributed by atoms with E-state index in [1.807, 2.05) is 0 Å². The van der Waals surface area contributed by atoms with Gasteiger partial charge in [0.05, 0.1) is 6.33 Å². The summed E-state index contributed by atoms with van der Waals surface area (Å²) in [5.74, 6) is -3.21. The number of hydrogen-bond acceptors (Lipinski definition) is 6. The molecule has 0 spiro atoms. The maximum Gasteiger partial charge on any atom is 0.474 e. The van der Waals surface area contributed by atoms with Crippen LogP contribution < -0.4 is 0 Å². The fraction of sp³-hybridized carbons (Fsp3) is 0.400. The fourth-order valence-electron chi connectivity index (χ4n) is 1.06. The van der Waals surface area contributed by atoms with Crippen LogP contribution in [0.3, 0.4) is 0 Å². The van der Waals surface area contributed by atoms with E-state index in [-0.39, 0.29) is 0 Å². The van der Waals surface area contributed by atoms with Gasteiger partial charge in [0, 0.05) is 12.4 Å². The molecule has 1 aromatic heterocycles. The Kier molecular flexibility index (Phi) is 4.44. The molecule has 0 radical (unpaired) electrons. The Balaban J connectivity index is 2.93. The third-order valence-electron chi connectivity index (χ3n) is 1.46. The van der Waals surface area contributed by atoms with E-state index >= 15 is 0 Å². The molecule has 0 bridgehead atoms. The number of phosphoric acid groups is 2. The van der Waals surface area contributed by atoms with Crippen molar-refractivity contribution in [2.45, 2.75) is 12.5 Å². The molecule has 11 nitrogen and oxygen atoms in total. The first-order valence-corrected chi connectivity index (χ1v) is 7.26. The highest BCUT2D eigenvalue weighted by Gasteiger charge is 2.43. The second kappa shape index (κ2) is 5.17. The minimum atomic E-state index is -5.24. The van der Waals surface area contributed by atoms with Gasteiger partial charge in [0.2, 0.25) is 0 Å². The van der Waals surface area contributed by atoms with Crippen molar-refractivity contribution < 1.29 is 42.9 Å². The maximum atomic E-state index is 10.6. The summed E-state index contributed by atoms with van der Waals surface area (Å²) in [6.07, 6.45) is 3.61. The van der Waals surface area contributed by atoms with Gasteiger partial charge < -0.3 is 29.2 Å². The normalized spacial score (nSPS) is 13.8. The summed E-state index contributed by atoms with van der Waals surface area (Å²) >= 11 is 0. The molecule has 1 heterocycles. The van der Waals surface area contributed by atoms with Crippen LogP contribution in [0.5, 0.6) is 0 Å². The Morgan fingerprint density at radius 1 is 1.17 bits per heavy atom. The van der Waals surface area contributed by atoms with Crippen molar-refractivity contribution in [2.24, 2.45) is 0 Å². The van der Waals surface area contributed by atoms with Crippen LogP contribution in [-0.4, -0.2) is 40.2 Å². The monoisotopic (exact) mass is 304 g/mol. The highest BCUT2D eigenvalue weighted by atomic mass is 31.2. The van der Waals surface area contributed by atoms with Crippen LogP contribution in [0.1, 0.15) is 0 Å². The van der Waals surface area contributed by atoms with Crippen molar-refractivity contribution >= 4 is 15.6 Å². The Bertz CT molecular complexity index is 451. The molecule has 5 N–H and O–H groups in total. The number of hydrogen-bond donors (Lipinski definition) is 5. The van der Waals surface area contributed by atoms with Crippen LogP contribution in [0.15, 0.2) is 18.7 Å². The smallest absolute Gasteiger partial charge is 0.341 e. The summed E-state index contributed by atoms with van der Waals surface area (Å²) in [6.45, 7) is -0.816. The number of aliphatic hydroxyl groups is 1. The van der Waals surface area contributed by atoms with E-state index in [9.17, 15) is 14.2 Å². The highest BCUT2D eigenvalue weighted by molar-refractivity contribution is 7.47. The number of aromatic nitrogens is 2. The van der Waals surface area contributed by atoms with Gasteiger partial charge in [-0.1, -0.05) is 0 Å². The van der Waals surface area contributed by atoms with Crippen LogP contribution in [0, 0.1) is 0 Å². The predicted octanol–water partition coefficient (Wildman–Crippen LogP) is -1.25. The van der Waals surface area contributed by atoms with Gasteiger partial charge in [0.15, 0.2) is 0 Å². The van der Waals surface area contributed by atoms with Gasteiger partial charge in [-0.05, 0) is 0 Å². The van der Waals surface area contributed by atoms with E-state index in [1.54, 1.807) is 0 Å². The minimum Gasteiger partial charge on any atom is -0.341 e. The minimum absolute atomic E-state index is 0.816. The first-order chi connectivity index (χ1) is 7.99. The van der Waals surface area contributed by atoms with Gasteiger partial charge in [0.25, 0.3) is 0 Å². The second-order valence-corrected chi connectivity index (χ2v) is 5.44. The number of nitrogens with zero attached hydrogens (tertiary/aromatic N) is 2. The Labute approximate surface area is 100 Å². The zero-order chi connectivity index (χ0) is 14.0. The van der Waals surface area contributed by atoms with Crippen molar-refractivity contribution in [3.63, 3.8) is 0 Å². The lowest BCUT2D eigenvalue weighted by atomic mass is 10.5. The molecule has 18 heavy (non-hydrogen) atoms. The van der Waals surface area contributed by atoms with Gasteiger partial charge in [-0.15, -0.1) is 0 Å². The fourth-order valence-corrected chi connectivity index (χ4v) is 2.05. The molecule has 0 fully saturated rings. The van der Waals surface area contributed by atoms with Crippen LogP contribution in [0.25, 0.3) is 0 Å². The molecular weight excluding hydrogens is 294 g/mol. The standard InChI is InChI=1S/C5H10N2O9P2/c8-5(15-17(9,10)11,16-18(12,13)14)3-7-2-1-6-4-7/h1-2,4,8H,3H2,(H2,9,10,11)(H2,12,13,14). The zero-order valence-corrected chi connectivity index (χ0v) is 10.4. The lowest BCUT2D eigenvalue weighted by molar-refractivity contribution is -0.293. The van der Waals surface area contributed by atoms with Crippen molar-refractivity contribution in [3.05, 3.63) is 18.7 Å². The van der Waals surface area contributed by atoms with Gasteiger partial charge >= 0.3 is 21.6 Å². The summed E-state index contributed by atoms with van der Waals surface area (Å²) in [6, 6.07) is 0. The van der Waals surface area contributed by atoms with Crippen molar-refractivity contribution in [3.8, 4) is 0 Å². The molecule has 13 heteroatoms. The molecule has 0 saturated heterocycles. The van der Waals surface area contributed by atoms with Crippen LogP contribution in [0.2, 0.25) is 0 Å². The van der Waals surface area contributed by atoms with Crippen LogP contribution in [0.4, 0.5) is 0 Å². The quantitative estimate of drug-likeness (QED) is 0.315. The Hall–Kier alpha value is -0.610. The van der Waals surface area contributed by atoms with Crippen LogP contribution in [-0.2, 0) is 24.7 Å². The number of imidazole rings is 1. The summed E-state index contributed by atoms with van der Waals surface area (Å²) in [7, 11) is -10.5. The summed E-state index contributed by atoms with van der Waals surface area (Å²) < 4.78 is 29.9. The first-order valence-electron chi connectivity index (χ1n) is 4.20. The van der Waals surface area contributed by atoms with Crippen molar-refractivity contribution in [1.29, 1.82) is 0 Å². The average molecular weight is 304 g/mol. The van der Waals surface area contributed by atoms with Gasteiger partial charge in [-0.2, -0.15) is 0 Å². The summed E-state index contributed by atoms with van der Waals surface area (Å²) in [5, 5.41) is 9.58. The predicted molar refractivity (Wildman–Crippen MR) is 53.4 cm³/mol. The van der Waals surface area contributed by atoms with E-state index < -0.39 is 28.2 Å². The summed E-state index contributed by atoms with van der Waals surface area (Å²) in [5.41, 5.74) is 0. The number of phosphoric ester groups is 2. The molecule has 0 aliphatic rings. The Morgan fingerprint density at radius 3 is 2.00 bits per heavy atom. The van der Waals surface area contributed by atoms with E-state index in [0.717, 1.165) is 10.9 Å². The summed E-state index contributed by atoms with van der Waals surface area (Å²) in [4.78, 5) is 37.8. The second-order valence-electron chi connectivity index (χ2n) is 3.11. The van der Waals surface area contributed by atoms with Crippen molar-refractivity contribution in [2.75, 3.05) is 0 Å². The SMILES string of the molecule is O=P(O)(O)OC(O)(Cn1ccnc1)OP(=O)(O)O. The number of rotatable bonds is 6. The van der Waals surface area contributed by atoms with E-state index in [0.29, 0.717) is 0 Å². The van der Waals surface area contributed by atoms with E-state index in [1.165, 1.54) is 12.4 Å². The third kappa shape index (κ3) is 5.83. The Morgan fingerprint density at radius 2 is 1.67 bits per heavy atom. The average Bonchev–Trinajstić information content (AvgIpc) is 2.46. The first kappa shape index (κ1) is 15.4. The molecule has 0 saturated carbocycles. The molecule has 0 aliphatic heterocycles. The van der Waals surface area contributed by atoms with Gasteiger partial charge in [-0.25, -0.2) is 23.2 Å².